The van der Waals surface area contributed by atoms with Crippen LogP contribution in [0.5, 0.6) is 0 Å². The van der Waals surface area contributed by atoms with E-state index in [-0.39, 0.29) is 5.88 Å². The first kappa shape index (κ1) is 10.9. The first-order valence-corrected chi connectivity index (χ1v) is 5.75. The van der Waals surface area contributed by atoms with Gasteiger partial charge in [0.1, 0.15) is 5.88 Å². The van der Waals surface area contributed by atoms with Gasteiger partial charge in [-0.2, -0.15) is 0 Å². The van der Waals surface area contributed by atoms with Gasteiger partial charge in [-0.1, -0.05) is 0 Å². The summed E-state index contributed by atoms with van der Waals surface area (Å²) in [6, 6.07) is 0. The molecule has 0 atom stereocenters. The molecule has 0 heterocycles. The van der Waals surface area contributed by atoms with E-state index in [1.807, 2.05) is 0 Å². The zero-order chi connectivity index (χ0) is 6.28. The minimum absolute atomic E-state index is 0.306. The Balaban J connectivity index is 0. The number of hydrogen-bond acceptors (Lipinski definition) is 1. The van der Waals surface area contributed by atoms with Gasteiger partial charge in [-0.15, -0.1) is 11.6 Å². The number of carboxylic acids is 1. The van der Waals surface area contributed by atoms with E-state index in [1.54, 1.807) is 19.5 Å². The van der Waals surface area contributed by atoms with E-state index < -0.39 is 5.97 Å². The lowest BCUT2D eigenvalue weighted by Gasteiger charge is -1.69. The van der Waals surface area contributed by atoms with Gasteiger partial charge in [0.2, 0.25) is 0 Å². The van der Waals surface area contributed by atoms with E-state index in [4.69, 9.17) is 16.7 Å². The number of carbonyl (C=O) groups is 1. The third kappa shape index (κ3) is 19.4. The molecule has 37 valence electrons. The van der Waals surface area contributed by atoms with Crippen molar-refractivity contribution in [2.24, 2.45) is 0 Å². The fraction of sp³-hybridized carbons (Fsp3) is 0.500. The lowest BCUT2D eigenvalue weighted by Crippen LogP contribution is -1.92. The minimum atomic E-state index is -0.980. The summed E-state index contributed by atoms with van der Waals surface area (Å²) in [4.78, 5) is 9.24. The van der Waals surface area contributed by atoms with Crippen LogP contribution in [0.15, 0.2) is 0 Å². The van der Waals surface area contributed by atoms with Crippen LogP contribution >= 0.6 is 24.5 Å². The number of halogens is 2. The molecule has 0 saturated carbocycles. The van der Waals surface area contributed by atoms with Gasteiger partial charge in [-0.05, 0) is 0 Å². The largest absolute Gasteiger partial charge is 1.52 e. The van der Waals surface area contributed by atoms with Crippen LogP contribution in [0.2, 0.25) is 0 Å². The molecule has 0 aliphatic rings. The molecule has 7 heavy (non-hydrogen) atoms. The SMILES string of the molecule is O=C(O)CCl.[Mg+2][Br]. The zero-order valence-corrected chi connectivity index (χ0v) is 7.28. The maximum absolute atomic E-state index is 9.24. The van der Waals surface area contributed by atoms with Crippen molar-refractivity contribution in [1.82, 2.24) is 0 Å². The second-order valence-electron chi connectivity index (χ2n) is 0.527. The van der Waals surface area contributed by atoms with E-state index in [9.17, 15) is 4.79 Å². The number of aliphatic carboxylic acids is 1. The van der Waals surface area contributed by atoms with Crippen molar-refractivity contribution in [2.45, 2.75) is 0 Å². The van der Waals surface area contributed by atoms with Crippen LogP contribution in [0.25, 0.3) is 0 Å². The summed E-state index contributed by atoms with van der Waals surface area (Å²) in [6.45, 7) is 0. The molecule has 0 bridgehead atoms. The summed E-state index contributed by atoms with van der Waals surface area (Å²) in [5.74, 6) is -1.29. The van der Waals surface area contributed by atoms with Gasteiger partial charge < -0.3 is 5.11 Å². The monoisotopic (exact) mass is 197 g/mol. The van der Waals surface area contributed by atoms with Crippen LogP contribution in [0.3, 0.4) is 0 Å². The standard InChI is InChI=1S/C2H3ClO2.BrH.Mg/c3-1-2(4)5;;/h1H2,(H,4,5);1H;/q;;+3/p-1. The average Bonchev–Trinajstić information content (AvgIpc) is 1.73. The Morgan fingerprint density at radius 3 is 2.00 bits per heavy atom. The first-order chi connectivity index (χ1) is 3.27. The van der Waals surface area contributed by atoms with E-state index >= 15 is 0 Å². The quantitative estimate of drug-likeness (QED) is 0.500. The van der Waals surface area contributed by atoms with Crippen LogP contribution in [0, 0.1) is 0 Å². The highest BCUT2D eigenvalue weighted by Crippen LogP contribution is 1.67. The molecular formula is C2H3BrClMgO2+2. The molecule has 0 aliphatic carbocycles. The van der Waals surface area contributed by atoms with Crippen LogP contribution in [0.1, 0.15) is 0 Å². The van der Waals surface area contributed by atoms with Gasteiger partial charge in [-0.25, -0.2) is 0 Å². The highest BCUT2D eigenvalue weighted by Gasteiger charge is 2.13. The summed E-state index contributed by atoms with van der Waals surface area (Å²) in [6.07, 6.45) is 0. The number of alkyl halides is 1. The molecular weight excluding hydrogens is 196 g/mol. The van der Waals surface area contributed by atoms with Crippen LogP contribution in [0.4, 0.5) is 0 Å². The molecule has 0 fully saturated rings. The molecule has 5 heteroatoms. The molecule has 0 aromatic carbocycles. The Bertz CT molecular complexity index is 51.0. The van der Waals surface area contributed by atoms with Crippen molar-refractivity contribution in [1.29, 1.82) is 0 Å². The van der Waals surface area contributed by atoms with E-state index in [0.29, 0.717) is 0 Å². The van der Waals surface area contributed by atoms with Gasteiger partial charge in [0.15, 0.2) is 0 Å². The maximum atomic E-state index is 9.24. The molecule has 2 nitrogen and oxygen atoms in total. The molecule has 1 N–H and O–H groups in total. The average molecular weight is 199 g/mol. The summed E-state index contributed by atoms with van der Waals surface area (Å²) in [5, 5.41) is 7.59. The minimum Gasteiger partial charge on any atom is -0.480 e. The predicted molar refractivity (Wildman–Crippen MR) is 33.0 cm³/mol. The Morgan fingerprint density at radius 1 is 1.86 bits per heavy atom. The highest BCUT2D eigenvalue weighted by atomic mass is 79.9. The zero-order valence-electron chi connectivity index (χ0n) is 3.53. The number of rotatable bonds is 1. The maximum Gasteiger partial charge on any atom is 1.52 e. The molecule has 0 aromatic rings. The molecule has 0 saturated heterocycles. The fourth-order valence-electron chi connectivity index (χ4n) is 0. The summed E-state index contributed by atoms with van der Waals surface area (Å²) < 4.78 is 0. The smallest absolute Gasteiger partial charge is 0.480 e. The van der Waals surface area contributed by atoms with Gasteiger partial charge >= 0.3 is 38.4 Å². The number of hydrogen-bond donors (Lipinski definition) is 1. The molecule has 0 rings (SSSR count). The molecule has 0 aromatic heterocycles. The fourth-order valence-corrected chi connectivity index (χ4v) is 0. The summed E-state index contributed by atoms with van der Waals surface area (Å²) in [7, 11) is 0. The molecule has 0 amide bonds. The van der Waals surface area contributed by atoms with Crippen molar-refractivity contribution in [3.63, 3.8) is 0 Å². The van der Waals surface area contributed by atoms with E-state index in [0.717, 1.165) is 0 Å². The van der Waals surface area contributed by atoms with Crippen molar-refractivity contribution in [2.75, 3.05) is 5.88 Å². The molecule has 7 radical (unpaired) electrons. The normalized spacial score (nSPS) is 6.14. The first-order valence-electron chi connectivity index (χ1n) is 1.32. The third-order valence-electron chi connectivity index (χ3n) is 0.114. The van der Waals surface area contributed by atoms with Crippen molar-refractivity contribution in [3.8, 4) is 0 Å². The third-order valence-corrected chi connectivity index (χ3v) is 0.343. The van der Waals surface area contributed by atoms with Gasteiger partial charge in [0, 0.05) is 0 Å². The molecule has 0 unspecified atom stereocenters. The molecule has 0 spiro atoms. The van der Waals surface area contributed by atoms with Crippen molar-refractivity contribution >= 4 is 50.0 Å². The van der Waals surface area contributed by atoms with Crippen LogP contribution in [-0.4, -0.2) is 36.5 Å². The lowest BCUT2D eigenvalue weighted by atomic mass is 10.8. The van der Waals surface area contributed by atoms with Crippen molar-refractivity contribution < 1.29 is 9.90 Å². The second-order valence-corrected chi connectivity index (χ2v) is 0.795. The van der Waals surface area contributed by atoms with Crippen molar-refractivity contribution in [3.05, 3.63) is 0 Å². The summed E-state index contributed by atoms with van der Waals surface area (Å²) >= 11 is 9.38. The summed E-state index contributed by atoms with van der Waals surface area (Å²) in [5.41, 5.74) is 0. The Morgan fingerprint density at radius 2 is 2.00 bits per heavy atom. The highest BCUT2D eigenvalue weighted by molar-refractivity contribution is 9.22. The van der Waals surface area contributed by atoms with Crippen LogP contribution in [-0.2, 0) is 4.79 Å². The Kier molecular flexibility index (Phi) is 15.7. The van der Waals surface area contributed by atoms with Crippen LogP contribution < -0.4 is 0 Å². The Labute approximate surface area is 65.5 Å². The lowest BCUT2D eigenvalue weighted by molar-refractivity contribution is -0.134. The number of carboxylic acid groups (broad SMARTS) is 1. The van der Waals surface area contributed by atoms with E-state index in [2.05, 4.69) is 12.9 Å². The second kappa shape index (κ2) is 10.1. The predicted octanol–water partition coefficient (Wildman–Crippen LogP) is 0.775. The molecule has 0 aliphatic heterocycles. The van der Waals surface area contributed by atoms with Gasteiger partial charge in [0.05, 0.1) is 0 Å². The van der Waals surface area contributed by atoms with Gasteiger partial charge in [0.25, 0.3) is 0 Å². The topological polar surface area (TPSA) is 37.3 Å². The Hall–Kier alpha value is 1.01. The van der Waals surface area contributed by atoms with E-state index in [1.165, 1.54) is 0 Å². The van der Waals surface area contributed by atoms with Gasteiger partial charge in [-0.3, -0.25) is 4.79 Å².